The van der Waals surface area contributed by atoms with Crippen molar-refractivity contribution < 1.29 is 9.90 Å². The summed E-state index contributed by atoms with van der Waals surface area (Å²) in [6, 6.07) is 5.16. The molecule has 1 aliphatic rings. The van der Waals surface area contributed by atoms with Crippen molar-refractivity contribution in [3.05, 3.63) is 41.5 Å². The lowest BCUT2D eigenvalue weighted by Crippen LogP contribution is -2.21. The molecular formula is C11H11NO2. The minimum absolute atomic E-state index is 0.584. The largest absolute Gasteiger partial charge is 0.480 e. The van der Waals surface area contributed by atoms with Gasteiger partial charge in [-0.1, -0.05) is 30.9 Å². The van der Waals surface area contributed by atoms with Gasteiger partial charge in [0.05, 0.1) is 0 Å². The zero-order chi connectivity index (χ0) is 10.1. The van der Waals surface area contributed by atoms with Gasteiger partial charge < -0.3 is 5.11 Å². The Hall–Kier alpha value is -1.61. The van der Waals surface area contributed by atoms with E-state index in [4.69, 9.17) is 5.11 Å². The second kappa shape index (κ2) is 3.27. The van der Waals surface area contributed by atoms with Gasteiger partial charge >= 0.3 is 5.97 Å². The number of hydrogen-bond donors (Lipinski definition) is 2. The van der Waals surface area contributed by atoms with Crippen LogP contribution in [0.2, 0.25) is 0 Å². The van der Waals surface area contributed by atoms with Crippen molar-refractivity contribution in [2.75, 3.05) is 0 Å². The van der Waals surface area contributed by atoms with E-state index in [-0.39, 0.29) is 0 Å². The van der Waals surface area contributed by atoms with E-state index in [1.165, 1.54) is 0 Å². The van der Waals surface area contributed by atoms with E-state index < -0.39 is 12.0 Å². The first-order valence-corrected chi connectivity index (χ1v) is 4.44. The van der Waals surface area contributed by atoms with Gasteiger partial charge in [0.15, 0.2) is 0 Å². The number of aliphatic carboxylic acids is 1. The number of hydrogen-bond acceptors (Lipinski definition) is 2. The standard InChI is InChI=1S/C11H11NO2/c1-2-7-4-3-5-8-6-12-10(9(7)8)11(13)14/h2-5,10,12H,1,6H2,(H,13,14)/t10-/m1/s1. The van der Waals surface area contributed by atoms with Gasteiger partial charge in [0.2, 0.25) is 0 Å². The van der Waals surface area contributed by atoms with Crippen LogP contribution in [0.15, 0.2) is 24.8 Å². The van der Waals surface area contributed by atoms with E-state index >= 15 is 0 Å². The molecule has 0 amide bonds. The lowest BCUT2D eigenvalue weighted by molar-refractivity contribution is -0.139. The van der Waals surface area contributed by atoms with E-state index in [2.05, 4.69) is 11.9 Å². The van der Waals surface area contributed by atoms with Crippen molar-refractivity contribution in [1.82, 2.24) is 5.32 Å². The van der Waals surface area contributed by atoms with Crippen LogP contribution in [0, 0.1) is 0 Å². The summed E-state index contributed by atoms with van der Waals surface area (Å²) in [6.07, 6.45) is 1.70. The molecule has 14 heavy (non-hydrogen) atoms. The van der Waals surface area contributed by atoms with Crippen LogP contribution in [0.5, 0.6) is 0 Å². The monoisotopic (exact) mass is 189 g/mol. The van der Waals surface area contributed by atoms with Gasteiger partial charge in [-0.15, -0.1) is 0 Å². The maximum atomic E-state index is 10.9. The van der Waals surface area contributed by atoms with Crippen LogP contribution in [0.3, 0.4) is 0 Å². The highest BCUT2D eigenvalue weighted by molar-refractivity contribution is 5.79. The first-order chi connectivity index (χ1) is 6.74. The quantitative estimate of drug-likeness (QED) is 0.742. The zero-order valence-corrected chi connectivity index (χ0v) is 7.66. The van der Waals surface area contributed by atoms with Crippen molar-refractivity contribution in [2.45, 2.75) is 12.6 Å². The Morgan fingerprint density at radius 3 is 3.07 bits per heavy atom. The number of rotatable bonds is 2. The van der Waals surface area contributed by atoms with Gasteiger partial charge in [0.25, 0.3) is 0 Å². The van der Waals surface area contributed by atoms with Crippen LogP contribution < -0.4 is 5.32 Å². The van der Waals surface area contributed by atoms with E-state index in [1.54, 1.807) is 6.08 Å². The van der Waals surface area contributed by atoms with E-state index in [0.29, 0.717) is 6.54 Å². The zero-order valence-electron chi connectivity index (χ0n) is 7.66. The van der Waals surface area contributed by atoms with E-state index in [9.17, 15) is 4.79 Å². The molecule has 1 aliphatic heterocycles. The third-order valence-electron chi connectivity index (χ3n) is 2.48. The topological polar surface area (TPSA) is 49.3 Å². The summed E-state index contributed by atoms with van der Waals surface area (Å²) >= 11 is 0. The molecule has 0 fully saturated rings. The lowest BCUT2D eigenvalue weighted by Gasteiger charge is -2.08. The van der Waals surface area contributed by atoms with Crippen LogP contribution >= 0.6 is 0 Å². The highest BCUT2D eigenvalue weighted by atomic mass is 16.4. The van der Waals surface area contributed by atoms with Crippen LogP contribution in [0.4, 0.5) is 0 Å². The fourth-order valence-corrected chi connectivity index (χ4v) is 1.84. The smallest absolute Gasteiger partial charge is 0.325 e. The highest BCUT2D eigenvalue weighted by Gasteiger charge is 2.29. The summed E-state index contributed by atoms with van der Waals surface area (Å²) in [5.41, 5.74) is 2.81. The minimum Gasteiger partial charge on any atom is -0.480 e. The van der Waals surface area contributed by atoms with Gasteiger partial charge in [-0.3, -0.25) is 10.1 Å². The second-order valence-corrected chi connectivity index (χ2v) is 3.28. The van der Waals surface area contributed by atoms with Gasteiger partial charge in [-0.2, -0.15) is 0 Å². The summed E-state index contributed by atoms with van der Waals surface area (Å²) < 4.78 is 0. The Kier molecular flexibility index (Phi) is 2.09. The molecule has 0 bridgehead atoms. The molecule has 3 nitrogen and oxygen atoms in total. The summed E-state index contributed by atoms with van der Waals surface area (Å²) in [5.74, 6) is -0.835. The predicted octanol–water partition coefficient (Wildman–Crippen LogP) is 1.56. The highest BCUT2D eigenvalue weighted by Crippen LogP contribution is 2.29. The van der Waals surface area contributed by atoms with Crippen LogP contribution in [-0.4, -0.2) is 11.1 Å². The Bertz CT molecular complexity index is 398. The van der Waals surface area contributed by atoms with Crippen LogP contribution in [-0.2, 0) is 11.3 Å². The number of nitrogens with one attached hydrogen (secondary N) is 1. The average Bonchev–Trinajstić information content (AvgIpc) is 2.60. The molecule has 1 atom stereocenters. The molecule has 0 spiro atoms. The third kappa shape index (κ3) is 1.22. The molecule has 1 aromatic rings. The molecule has 0 saturated heterocycles. The Morgan fingerprint density at radius 2 is 2.43 bits per heavy atom. The maximum absolute atomic E-state index is 10.9. The summed E-state index contributed by atoms with van der Waals surface area (Å²) in [5, 5.41) is 11.9. The Balaban J connectivity index is 2.56. The molecule has 0 aliphatic carbocycles. The normalized spacial score (nSPS) is 19.0. The van der Waals surface area contributed by atoms with Crippen molar-refractivity contribution in [3.8, 4) is 0 Å². The number of fused-ring (bicyclic) bond motifs is 1. The Morgan fingerprint density at radius 1 is 1.64 bits per heavy atom. The van der Waals surface area contributed by atoms with Gasteiger partial charge in [0, 0.05) is 6.54 Å². The second-order valence-electron chi connectivity index (χ2n) is 3.28. The van der Waals surface area contributed by atoms with Crippen LogP contribution in [0.25, 0.3) is 6.08 Å². The van der Waals surface area contributed by atoms with Crippen molar-refractivity contribution in [1.29, 1.82) is 0 Å². The van der Waals surface area contributed by atoms with Gasteiger partial charge in [-0.25, -0.2) is 0 Å². The van der Waals surface area contributed by atoms with Crippen molar-refractivity contribution >= 4 is 12.0 Å². The summed E-state index contributed by atoms with van der Waals surface area (Å²) in [4.78, 5) is 10.9. The summed E-state index contributed by atoms with van der Waals surface area (Å²) in [6.45, 7) is 4.30. The number of benzene rings is 1. The molecular weight excluding hydrogens is 178 g/mol. The molecule has 1 heterocycles. The van der Waals surface area contributed by atoms with Crippen molar-refractivity contribution in [2.24, 2.45) is 0 Å². The Labute approximate surface area is 82.1 Å². The van der Waals surface area contributed by atoms with E-state index in [1.807, 2.05) is 18.2 Å². The fourth-order valence-electron chi connectivity index (χ4n) is 1.84. The average molecular weight is 189 g/mol. The molecule has 0 unspecified atom stereocenters. The van der Waals surface area contributed by atoms with Crippen molar-refractivity contribution in [3.63, 3.8) is 0 Å². The predicted molar refractivity (Wildman–Crippen MR) is 53.7 cm³/mol. The SMILES string of the molecule is C=Cc1cccc2c1[C@H](C(=O)O)NC2. The minimum atomic E-state index is -0.835. The number of carbonyl (C=O) groups is 1. The number of carboxylic acids is 1. The molecule has 3 heteroatoms. The molecule has 1 aromatic carbocycles. The van der Waals surface area contributed by atoms with E-state index in [0.717, 1.165) is 16.7 Å². The first kappa shape index (κ1) is 8.97. The molecule has 0 aromatic heterocycles. The third-order valence-corrected chi connectivity index (χ3v) is 2.48. The van der Waals surface area contributed by atoms with Gasteiger partial charge in [-0.05, 0) is 16.7 Å². The lowest BCUT2D eigenvalue weighted by atomic mass is 9.98. The molecule has 2 N–H and O–H groups in total. The first-order valence-electron chi connectivity index (χ1n) is 4.44. The number of carboxylic acid groups (broad SMARTS) is 1. The molecule has 72 valence electrons. The summed E-state index contributed by atoms with van der Waals surface area (Å²) in [7, 11) is 0. The van der Waals surface area contributed by atoms with Gasteiger partial charge in [0.1, 0.15) is 6.04 Å². The molecule has 2 rings (SSSR count). The molecule has 0 radical (unpaired) electrons. The maximum Gasteiger partial charge on any atom is 0.325 e. The van der Waals surface area contributed by atoms with Crippen LogP contribution in [0.1, 0.15) is 22.7 Å². The fraction of sp³-hybridized carbons (Fsp3) is 0.182. The molecule has 0 saturated carbocycles.